The lowest BCUT2D eigenvalue weighted by atomic mass is 9.70. The first-order valence-corrected chi connectivity index (χ1v) is 9.45. The molecule has 2 aromatic rings. The molecule has 6 rings (SSSR count). The molecule has 1 aromatic carbocycles. The Labute approximate surface area is 148 Å². The van der Waals surface area contributed by atoms with Crippen molar-refractivity contribution in [1.82, 2.24) is 9.88 Å². The molecule has 0 radical (unpaired) electrons. The molecule has 3 atom stereocenters. The fraction of sp³-hybridized carbons (Fsp3) is 0.476. The predicted molar refractivity (Wildman–Crippen MR) is 97.6 cm³/mol. The van der Waals surface area contributed by atoms with Gasteiger partial charge in [0, 0.05) is 31.0 Å². The topological polar surface area (TPSA) is 45.3 Å². The van der Waals surface area contributed by atoms with E-state index in [9.17, 15) is 4.79 Å². The highest BCUT2D eigenvalue weighted by molar-refractivity contribution is 5.92. The summed E-state index contributed by atoms with van der Waals surface area (Å²) in [6.07, 6.45) is 8.75. The average Bonchev–Trinajstić information content (AvgIpc) is 3.20. The van der Waals surface area contributed by atoms with Crippen molar-refractivity contribution in [3.8, 4) is 0 Å². The monoisotopic (exact) mass is 336 g/mol. The van der Waals surface area contributed by atoms with Gasteiger partial charge in [0.15, 0.2) is 5.78 Å². The highest BCUT2D eigenvalue weighted by Gasteiger charge is 2.64. The second-order valence-corrected chi connectivity index (χ2v) is 8.08. The molecule has 4 aliphatic rings. The van der Waals surface area contributed by atoms with E-state index < -0.39 is 0 Å². The highest BCUT2D eigenvalue weighted by atomic mass is 16.5. The van der Waals surface area contributed by atoms with Crippen molar-refractivity contribution >= 4 is 16.7 Å². The average molecular weight is 336 g/mol. The third kappa shape index (κ3) is 1.62. The Balaban J connectivity index is 0.00000150. The number of hydrogen-bond acceptors (Lipinski definition) is 3. The van der Waals surface area contributed by atoms with Crippen LogP contribution in [0.15, 0.2) is 36.4 Å². The molecule has 3 heterocycles. The van der Waals surface area contributed by atoms with Crippen LogP contribution in [-0.4, -0.2) is 40.0 Å². The quantitative estimate of drug-likeness (QED) is 0.800. The van der Waals surface area contributed by atoms with Crippen LogP contribution in [0.25, 0.3) is 10.9 Å². The van der Waals surface area contributed by atoms with Gasteiger partial charge < -0.3 is 9.72 Å². The Hall–Kier alpha value is -1.91. The van der Waals surface area contributed by atoms with Crippen LogP contribution in [0.3, 0.4) is 0 Å². The number of fused-ring (bicyclic) bond motifs is 5. The number of para-hydroxylation sites is 1. The normalized spacial score (nSPS) is 36.8. The molecular formula is C21H24N2O2. The molecule has 0 amide bonds. The van der Waals surface area contributed by atoms with Crippen LogP contribution < -0.4 is 0 Å². The number of rotatable bonds is 0. The van der Waals surface area contributed by atoms with Crippen LogP contribution in [-0.2, 0) is 16.0 Å². The summed E-state index contributed by atoms with van der Waals surface area (Å²) < 4.78 is 6.55. The number of aromatic nitrogens is 1. The second kappa shape index (κ2) is 4.63. The number of allylic oxidation sites excluding steroid dienone is 1. The van der Waals surface area contributed by atoms with E-state index in [4.69, 9.17) is 4.74 Å². The van der Waals surface area contributed by atoms with E-state index in [1.807, 2.05) is 0 Å². The van der Waals surface area contributed by atoms with Gasteiger partial charge in [-0.15, -0.1) is 0 Å². The molecule has 0 bridgehead atoms. The zero-order chi connectivity index (χ0) is 16.6. The van der Waals surface area contributed by atoms with Crippen molar-refractivity contribution in [3.63, 3.8) is 0 Å². The number of carbonyl (C=O) groups is 1. The van der Waals surface area contributed by atoms with E-state index in [0.29, 0.717) is 13.0 Å². The summed E-state index contributed by atoms with van der Waals surface area (Å²) in [5.74, 6) is 0.254. The number of nitrogens with zero attached hydrogens (tertiary/aromatic N) is 1. The Kier molecular flexibility index (Phi) is 2.64. The Morgan fingerprint density at radius 2 is 2.20 bits per heavy atom. The van der Waals surface area contributed by atoms with Gasteiger partial charge >= 0.3 is 0 Å². The zero-order valence-electron chi connectivity index (χ0n) is 14.3. The first-order chi connectivity index (χ1) is 12.2. The summed E-state index contributed by atoms with van der Waals surface area (Å²) in [6.45, 7) is 1.73. The fourth-order valence-corrected chi connectivity index (χ4v) is 6.11. The van der Waals surface area contributed by atoms with Gasteiger partial charge in [-0.2, -0.15) is 0 Å². The number of H-pyrrole nitrogens is 1. The van der Waals surface area contributed by atoms with E-state index in [0.717, 1.165) is 32.2 Å². The largest absolute Gasteiger partial charge is 0.367 e. The van der Waals surface area contributed by atoms with Crippen molar-refractivity contribution in [2.45, 2.75) is 49.3 Å². The van der Waals surface area contributed by atoms with Gasteiger partial charge in [0.25, 0.3) is 0 Å². The Morgan fingerprint density at radius 3 is 3.16 bits per heavy atom. The summed E-state index contributed by atoms with van der Waals surface area (Å²) >= 11 is 0. The fourth-order valence-electron chi connectivity index (χ4n) is 6.11. The van der Waals surface area contributed by atoms with Crippen LogP contribution in [0.2, 0.25) is 0 Å². The number of carbonyl (C=O) groups excluding carboxylic acids is 1. The van der Waals surface area contributed by atoms with Gasteiger partial charge in [-0.1, -0.05) is 18.2 Å². The van der Waals surface area contributed by atoms with Gasteiger partial charge in [0.05, 0.1) is 18.2 Å². The number of ketones is 1. The number of ether oxygens (including phenoxy) is 1. The lowest BCUT2D eigenvalue weighted by Crippen LogP contribution is -2.69. The molecule has 25 heavy (non-hydrogen) atoms. The number of morpholine rings is 1. The highest BCUT2D eigenvalue weighted by Crippen LogP contribution is 2.57. The molecule has 2 aliphatic carbocycles. The van der Waals surface area contributed by atoms with E-state index in [-0.39, 0.29) is 24.4 Å². The maximum absolute atomic E-state index is 12.3. The van der Waals surface area contributed by atoms with Crippen LogP contribution >= 0.6 is 0 Å². The molecule has 1 saturated heterocycles. The zero-order valence-corrected chi connectivity index (χ0v) is 14.3. The number of nitrogens with one attached hydrogen (secondary N) is 1. The van der Waals surface area contributed by atoms with E-state index in [1.54, 1.807) is 6.08 Å². The summed E-state index contributed by atoms with van der Waals surface area (Å²) in [7, 11) is 0. The number of hydrogen-bond donors (Lipinski definition) is 1. The summed E-state index contributed by atoms with van der Waals surface area (Å²) in [5, 5.41) is 1.34. The number of benzene rings is 1. The molecule has 4 heteroatoms. The van der Waals surface area contributed by atoms with Gasteiger partial charge in [0.2, 0.25) is 0 Å². The van der Waals surface area contributed by atoms with Crippen molar-refractivity contribution in [3.05, 3.63) is 47.7 Å². The molecule has 1 saturated carbocycles. The van der Waals surface area contributed by atoms with E-state index in [1.165, 1.54) is 22.2 Å². The molecule has 0 unspecified atom stereocenters. The number of aromatic amines is 1. The van der Waals surface area contributed by atoms with Crippen molar-refractivity contribution in [2.24, 2.45) is 0 Å². The van der Waals surface area contributed by atoms with Gasteiger partial charge in [0.1, 0.15) is 5.60 Å². The molecule has 0 spiro atoms. The minimum absolute atomic E-state index is 0. The smallest absolute Gasteiger partial charge is 0.157 e. The lowest BCUT2D eigenvalue weighted by molar-refractivity contribution is -0.194. The Morgan fingerprint density at radius 1 is 1.28 bits per heavy atom. The maximum Gasteiger partial charge on any atom is 0.157 e. The third-order valence-electron chi connectivity index (χ3n) is 7.14. The molecule has 130 valence electrons. The van der Waals surface area contributed by atoms with Crippen molar-refractivity contribution in [2.75, 3.05) is 13.2 Å². The molecule has 1 aromatic heterocycles. The van der Waals surface area contributed by atoms with Gasteiger partial charge in [-0.25, -0.2) is 0 Å². The van der Waals surface area contributed by atoms with E-state index >= 15 is 0 Å². The van der Waals surface area contributed by atoms with Crippen molar-refractivity contribution < 1.29 is 11.0 Å². The summed E-state index contributed by atoms with van der Waals surface area (Å²) in [6, 6.07) is 8.82. The molecule has 2 fully saturated rings. The predicted octanol–water partition coefficient (Wildman–Crippen LogP) is 3.53. The van der Waals surface area contributed by atoms with Crippen LogP contribution in [0.5, 0.6) is 0 Å². The first kappa shape index (κ1) is 14.3. The minimum atomic E-state index is -0.249. The molecule has 4 nitrogen and oxygen atoms in total. The minimum Gasteiger partial charge on any atom is -0.367 e. The lowest BCUT2D eigenvalue weighted by Gasteiger charge is -2.59. The molecule has 2 aliphatic heterocycles. The van der Waals surface area contributed by atoms with Crippen LogP contribution in [0.4, 0.5) is 0 Å². The van der Waals surface area contributed by atoms with Gasteiger partial charge in [-0.3, -0.25) is 9.69 Å². The van der Waals surface area contributed by atoms with E-state index in [2.05, 4.69) is 40.2 Å². The standard InChI is InChI=1S/C21H22N2O2.H2/c24-14-6-10-21-9-3-8-20(21,12-14)23-11-7-16-15-4-1-2-5-17(15)22-19(16)18(23)13-25-21;/h1-2,4-6,10,18,22H,3,7-9,11-13H2;1H/t18-,20-,21+;/m1./s1. The van der Waals surface area contributed by atoms with Gasteiger partial charge in [-0.05, 0) is 49.5 Å². The summed E-state index contributed by atoms with van der Waals surface area (Å²) in [5.41, 5.74) is 3.58. The Bertz CT molecular complexity index is 935. The molecule has 1 N–H and O–H groups in total. The second-order valence-electron chi connectivity index (χ2n) is 8.08. The molecular weight excluding hydrogens is 312 g/mol. The van der Waals surface area contributed by atoms with Crippen LogP contribution in [0, 0.1) is 0 Å². The SMILES string of the molecule is O=C1C=C[C@@]23CCC[C@]2(C1)N1CCc2c([nH]c4ccccc24)[C@H]1CO3.[HH]. The first-order valence-electron chi connectivity index (χ1n) is 9.45. The maximum atomic E-state index is 12.3. The van der Waals surface area contributed by atoms with Crippen molar-refractivity contribution in [1.29, 1.82) is 0 Å². The summed E-state index contributed by atoms with van der Waals surface area (Å²) in [4.78, 5) is 18.6. The van der Waals surface area contributed by atoms with Crippen LogP contribution in [0.1, 0.15) is 44.4 Å². The third-order valence-corrected chi connectivity index (χ3v) is 7.14.